The standard InChI is InChI=1S/C15H13N3O/c16-15-18-17-14(19-15)13(11-7-3-1-4-8-11)12-9-5-2-6-10-12/h1-10,13H,(H2,16,18). The number of nitrogen functional groups attached to an aromatic ring is 1. The molecule has 0 fully saturated rings. The average molecular weight is 251 g/mol. The van der Waals surface area contributed by atoms with Crippen LogP contribution in [0.2, 0.25) is 0 Å². The van der Waals surface area contributed by atoms with Gasteiger partial charge in [-0.05, 0) is 11.1 Å². The summed E-state index contributed by atoms with van der Waals surface area (Å²) < 4.78 is 5.41. The highest BCUT2D eigenvalue weighted by Crippen LogP contribution is 2.30. The van der Waals surface area contributed by atoms with E-state index in [0.717, 1.165) is 11.1 Å². The van der Waals surface area contributed by atoms with Crippen LogP contribution >= 0.6 is 0 Å². The lowest BCUT2D eigenvalue weighted by atomic mass is 9.91. The van der Waals surface area contributed by atoms with E-state index in [2.05, 4.69) is 10.2 Å². The van der Waals surface area contributed by atoms with Gasteiger partial charge in [-0.3, -0.25) is 0 Å². The van der Waals surface area contributed by atoms with Crippen LogP contribution in [0.1, 0.15) is 22.9 Å². The molecule has 1 heterocycles. The Hall–Kier alpha value is -2.62. The highest BCUT2D eigenvalue weighted by molar-refractivity contribution is 5.37. The van der Waals surface area contributed by atoms with Crippen molar-refractivity contribution in [1.82, 2.24) is 10.2 Å². The van der Waals surface area contributed by atoms with Gasteiger partial charge in [-0.2, -0.15) is 0 Å². The maximum Gasteiger partial charge on any atom is 0.312 e. The Bertz CT molecular complexity index is 610. The fraction of sp³-hybridized carbons (Fsp3) is 0.0667. The smallest absolute Gasteiger partial charge is 0.312 e. The molecule has 3 rings (SSSR count). The van der Waals surface area contributed by atoms with Crippen LogP contribution in [0.3, 0.4) is 0 Å². The van der Waals surface area contributed by atoms with E-state index in [1.807, 2.05) is 60.7 Å². The van der Waals surface area contributed by atoms with Crippen molar-refractivity contribution in [2.45, 2.75) is 5.92 Å². The van der Waals surface area contributed by atoms with Crippen LogP contribution in [0.15, 0.2) is 65.1 Å². The maximum atomic E-state index is 5.53. The molecule has 94 valence electrons. The van der Waals surface area contributed by atoms with Crippen LogP contribution in [0.5, 0.6) is 0 Å². The van der Waals surface area contributed by atoms with Crippen molar-refractivity contribution in [2.24, 2.45) is 0 Å². The Labute approximate surface area is 110 Å². The number of aromatic nitrogens is 2. The minimum atomic E-state index is -0.0906. The molecule has 3 aromatic rings. The molecule has 2 aromatic carbocycles. The first-order chi connectivity index (χ1) is 9.34. The zero-order valence-corrected chi connectivity index (χ0v) is 10.2. The van der Waals surface area contributed by atoms with E-state index in [-0.39, 0.29) is 11.9 Å². The summed E-state index contributed by atoms with van der Waals surface area (Å²) >= 11 is 0. The Kier molecular flexibility index (Phi) is 2.98. The van der Waals surface area contributed by atoms with Crippen molar-refractivity contribution in [3.63, 3.8) is 0 Å². The van der Waals surface area contributed by atoms with Gasteiger partial charge in [0.1, 0.15) is 0 Å². The van der Waals surface area contributed by atoms with Crippen LogP contribution in [-0.2, 0) is 0 Å². The quantitative estimate of drug-likeness (QED) is 0.777. The largest absolute Gasteiger partial charge is 0.407 e. The number of benzene rings is 2. The van der Waals surface area contributed by atoms with Gasteiger partial charge in [0.05, 0.1) is 5.92 Å². The molecule has 0 radical (unpaired) electrons. The summed E-state index contributed by atoms with van der Waals surface area (Å²) in [4.78, 5) is 0. The predicted octanol–water partition coefficient (Wildman–Crippen LogP) is 2.83. The molecule has 0 bridgehead atoms. The fourth-order valence-corrected chi connectivity index (χ4v) is 2.13. The first-order valence-corrected chi connectivity index (χ1v) is 6.03. The second-order valence-corrected chi connectivity index (χ2v) is 4.23. The molecule has 0 unspecified atom stereocenters. The van der Waals surface area contributed by atoms with Gasteiger partial charge in [0, 0.05) is 0 Å². The number of rotatable bonds is 3. The molecule has 0 aliphatic heterocycles. The molecule has 4 heteroatoms. The molecular formula is C15H13N3O. The maximum absolute atomic E-state index is 5.53. The van der Waals surface area contributed by atoms with Gasteiger partial charge in [-0.1, -0.05) is 65.8 Å². The normalized spacial score (nSPS) is 10.8. The van der Waals surface area contributed by atoms with Gasteiger partial charge in [-0.15, -0.1) is 5.10 Å². The van der Waals surface area contributed by atoms with Crippen LogP contribution < -0.4 is 5.73 Å². The third-order valence-electron chi connectivity index (χ3n) is 2.97. The lowest BCUT2D eigenvalue weighted by molar-refractivity contribution is 0.503. The molecule has 1 aromatic heterocycles. The van der Waals surface area contributed by atoms with Crippen molar-refractivity contribution in [3.05, 3.63) is 77.7 Å². The van der Waals surface area contributed by atoms with E-state index in [1.54, 1.807) is 0 Å². The van der Waals surface area contributed by atoms with Gasteiger partial charge >= 0.3 is 6.01 Å². The van der Waals surface area contributed by atoms with Crippen molar-refractivity contribution < 1.29 is 4.42 Å². The number of hydrogen-bond acceptors (Lipinski definition) is 4. The summed E-state index contributed by atoms with van der Waals surface area (Å²) in [5, 5.41) is 7.78. The number of anilines is 1. The zero-order chi connectivity index (χ0) is 13.1. The van der Waals surface area contributed by atoms with Crippen molar-refractivity contribution >= 4 is 6.01 Å². The molecule has 4 nitrogen and oxygen atoms in total. The van der Waals surface area contributed by atoms with E-state index in [4.69, 9.17) is 10.2 Å². The summed E-state index contributed by atoms with van der Waals surface area (Å²) in [5.74, 6) is 0.419. The average Bonchev–Trinajstić information content (AvgIpc) is 2.88. The topological polar surface area (TPSA) is 64.9 Å². The lowest BCUT2D eigenvalue weighted by Crippen LogP contribution is -2.03. The second-order valence-electron chi connectivity index (χ2n) is 4.23. The SMILES string of the molecule is Nc1nnc(C(c2ccccc2)c2ccccc2)o1. The molecule has 0 saturated carbocycles. The van der Waals surface area contributed by atoms with Crippen LogP contribution in [0.25, 0.3) is 0 Å². The Morgan fingerprint density at radius 3 is 1.74 bits per heavy atom. The molecule has 0 saturated heterocycles. The highest BCUT2D eigenvalue weighted by Gasteiger charge is 2.22. The van der Waals surface area contributed by atoms with E-state index >= 15 is 0 Å². The first kappa shape index (κ1) is 11.5. The second kappa shape index (κ2) is 4.94. The third kappa shape index (κ3) is 2.33. The molecule has 0 aliphatic rings. The van der Waals surface area contributed by atoms with Crippen LogP contribution in [0.4, 0.5) is 6.01 Å². The number of nitrogens with zero attached hydrogens (tertiary/aromatic N) is 2. The van der Waals surface area contributed by atoms with E-state index in [1.165, 1.54) is 0 Å². The van der Waals surface area contributed by atoms with Gasteiger partial charge in [0.2, 0.25) is 5.89 Å². The molecule has 0 aliphatic carbocycles. The van der Waals surface area contributed by atoms with E-state index in [9.17, 15) is 0 Å². The minimum Gasteiger partial charge on any atom is -0.407 e. The lowest BCUT2D eigenvalue weighted by Gasteiger charge is -2.13. The first-order valence-electron chi connectivity index (χ1n) is 6.03. The predicted molar refractivity (Wildman–Crippen MR) is 72.5 cm³/mol. The highest BCUT2D eigenvalue weighted by atomic mass is 16.4. The zero-order valence-electron chi connectivity index (χ0n) is 10.2. The number of hydrogen-bond donors (Lipinski definition) is 1. The molecular weight excluding hydrogens is 238 g/mol. The summed E-state index contributed by atoms with van der Waals surface area (Å²) in [5.41, 5.74) is 7.72. The van der Waals surface area contributed by atoms with Gasteiger partial charge < -0.3 is 10.2 Å². The third-order valence-corrected chi connectivity index (χ3v) is 2.97. The van der Waals surface area contributed by atoms with Crippen molar-refractivity contribution in [3.8, 4) is 0 Å². The Balaban J connectivity index is 2.11. The van der Waals surface area contributed by atoms with E-state index in [0.29, 0.717) is 5.89 Å². The molecule has 0 amide bonds. The Morgan fingerprint density at radius 2 is 1.32 bits per heavy atom. The molecule has 2 N–H and O–H groups in total. The van der Waals surface area contributed by atoms with E-state index < -0.39 is 0 Å². The summed E-state index contributed by atoms with van der Waals surface area (Å²) in [6, 6.07) is 20.2. The van der Waals surface area contributed by atoms with Crippen molar-refractivity contribution in [2.75, 3.05) is 5.73 Å². The molecule has 0 spiro atoms. The van der Waals surface area contributed by atoms with Gasteiger partial charge in [0.15, 0.2) is 0 Å². The summed E-state index contributed by atoms with van der Waals surface area (Å²) in [7, 11) is 0. The van der Waals surface area contributed by atoms with Gasteiger partial charge in [0.25, 0.3) is 0 Å². The van der Waals surface area contributed by atoms with Crippen LogP contribution in [-0.4, -0.2) is 10.2 Å². The minimum absolute atomic E-state index is 0.0897. The fourth-order valence-electron chi connectivity index (χ4n) is 2.13. The summed E-state index contributed by atoms with van der Waals surface area (Å²) in [6.07, 6.45) is 0. The van der Waals surface area contributed by atoms with Crippen molar-refractivity contribution in [1.29, 1.82) is 0 Å². The Morgan fingerprint density at radius 1 is 0.789 bits per heavy atom. The molecule has 19 heavy (non-hydrogen) atoms. The molecule has 0 atom stereocenters. The number of nitrogens with two attached hydrogens (primary N) is 1. The van der Waals surface area contributed by atoms with Gasteiger partial charge in [-0.25, -0.2) is 0 Å². The van der Waals surface area contributed by atoms with Crippen LogP contribution in [0, 0.1) is 0 Å². The monoisotopic (exact) mass is 251 g/mol. The summed E-state index contributed by atoms with van der Waals surface area (Å²) in [6.45, 7) is 0.